The molecule has 12 heavy (non-hydrogen) atoms. The first-order chi connectivity index (χ1) is 5.25. The Kier molecular flexibility index (Phi) is 5.01. The largest absolute Gasteiger partial charge is 0.465 e. The van der Waals surface area contributed by atoms with Gasteiger partial charge in [0, 0.05) is 12.6 Å². The molecule has 4 nitrogen and oxygen atoms in total. The number of nitrogens with zero attached hydrogens (tertiary/aromatic N) is 1. The van der Waals surface area contributed by atoms with Gasteiger partial charge in [0.05, 0.1) is 0 Å². The first kappa shape index (κ1) is 11.5. The Labute approximate surface area is 78.1 Å². The van der Waals surface area contributed by atoms with Crippen LogP contribution in [0.15, 0.2) is 0 Å². The third-order valence-electron chi connectivity index (χ3n) is 1.84. The Morgan fingerprint density at radius 1 is 1.58 bits per heavy atom. The van der Waals surface area contributed by atoms with Gasteiger partial charge in [-0.2, -0.15) is 0 Å². The molecule has 3 N–H and O–H groups in total. The molecule has 0 atom stereocenters. The lowest BCUT2D eigenvalue weighted by Gasteiger charge is -2.17. The molecule has 1 fully saturated rings. The zero-order chi connectivity index (χ0) is 8.27. The van der Waals surface area contributed by atoms with E-state index in [1.807, 2.05) is 0 Å². The normalized spacial score (nSPS) is 15.1. The van der Waals surface area contributed by atoms with Crippen LogP contribution in [0.25, 0.3) is 0 Å². The summed E-state index contributed by atoms with van der Waals surface area (Å²) in [6.07, 6.45) is 2.01. The molecule has 0 aromatic carbocycles. The van der Waals surface area contributed by atoms with Crippen LogP contribution in [0.4, 0.5) is 4.79 Å². The first-order valence-electron chi connectivity index (χ1n) is 3.95. The maximum atomic E-state index is 10.6. The Morgan fingerprint density at radius 3 is 2.50 bits per heavy atom. The van der Waals surface area contributed by atoms with E-state index < -0.39 is 6.09 Å². The fourth-order valence-electron chi connectivity index (χ4n) is 1.08. The molecule has 0 aromatic heterocycles. The quantitative estimate of drug-likeness (QED) is 0.699. The monoisotopic (exact) mass is 194 g/mol. The van der Waals surface area contributed by atoms with E-state index in [2.05, 4.69) is 0 Å². The van der Waals surface area contributed by atoms with Crippen LogP contribution in [-0.2, 0) is 0 Å². The van der Waals surface area contributed by atoms with Crippen LogP contribution in [0.2, 0.25) is 0 Å². The fraction of sp³-hybridized carbons (Fsp3) is 0.857. The van der Waals surface area contributed by atoms with Crippen LogP contribution in [0.5, 0.6) is 0 Å². The van der Waals surface area contributed by atoms with Crippen molar-refractivity contribution in [1.29, 1.82) is 0 Å². The van der Waals surface area contributed by atoms with Gasteiger partial charge in [-0.15, -0.1) is 12.4 Å². The second-order valence-corrected chi connectivity index (χ2v) is 2.85. The van der Waals surface area contributed by atoms with Crippen LogP contribution in [-0.4, -0.2) is 35.2 Å². The van der Waals surface area contributed by atoms with E-state index in [-0.39, 0.29) is 12.4 Å². The molecule has 0 saturated heterocycles. The molecule has 1 amide bonds. The molecule has 0 aromatic rings. The molecule has 0 bridgehead atoms. The molecular weight excluding hydrogens is 180 g/mol. The van der Waals surface area contributed by atoms with Crippen molar-refractivity contribution in [1.82, 2.24) is 4.90 Å². The summed E-state index contributed by atoms with van der Waals surface area (Å²) in [6, 6.07) is 0.291. The van der Waals surface area contributed by atoms with Crippen LogP contribution in [0.1, 0.15) is 19.3 Å². The molecule has 0 aliphatic heterocycles. The average molecular weight is 195 g/mol. The summed E-state index contributed by atoms with van der Waals surface area (Å²) in [5.74, 6) is 0. The molecule has 0 heterocycles. The number of nitrogens with two attached hydrogens (primary N) is 1. The molecule has 1 rings (SSSR count). The molecule has 5 heteroatoms. The number of hydrogen-bond donors (Lipinski definition) is 2. The Hall–Kier alpha value is -0.480. The van der Waals surface area contributed by atoms with Gasteiger partial charge in [-0.25, -0.2) is 4.79 Å². The Morgan fingerprint density at radius 2 is 2.17 bits per heavy atom. The van der Waals surface area contributed by atoms with Crippen molar-refractivity contribution in [3.05, 3.63) is 0 Å². The lowest BCUT2D eigenvalue weighted by Crippen LogP contribution is -2.33. The van der Waals surface area contributed by atoms with E-state index in [0.717, 1.165) is 19.3 Å². The van der Waals surface area contributed by atoms with Crippen LogP contribution in [0, 0.1) is 0 Å². The number of rotatable bonds is 4. The average Bonchev–Trinajstić information content (AvgIpc) is 2.71. The van der Waals surface area contributed by atoms with E-state index in [9.17, 15) is 4.79 Å². The van der Waals surface area contributed by atoms with Gasteiger partial charge in [-0.05, 0) is 25.8 Å². The highest BCUT2D eigenvalue weighted by Crippen LogP contribution is 2.26. The minimum absolute atomic E-state index is 0. The second-order valence-electron chi connectivity index (χ2n) is 2.85. The van der Waals surface area contributed by atoms with Crippen LogP contribution < -0.4 is 5.73 Å². The Balaban J connectivity index is 0.00000121. The van der Waals surface area contributed by atoms with Crippen molar-refractivity contribution in [2.24, 2.45) is 5.73 Å². The summed E-state index contributed by atoms with van der Waals surface area (Å²) in [5.41, 5.74) is 5.28. The van der Waals surface area contributed by atoms with Gasteiger partial charge in [0.15, 0.2) is 0 Å². The molecular formula is C7H15ClN2O2. The van der Waals surface area contributed by atoms with Gasteiger partial charge in [0.1, 0.15) is 0 Å². The van der Waals surface area contributed by atoms with Crippen molar-refractivity contribution in [3.63, 3.8) is 0 Å². The minimum Gasteiger partial charge on any atom is -0.465 e. The van der Waals surface area contributed by atoms with E-state index in [1.165, 1.54) is 4.90 Å². The van der Waals surface area contributed by atoms with Gasteiger partial charge < -0.3 is 15.7 Å². The molecule has 1 saturated carbocycles. The van der Waals surface area contributed by atoms with Crippen molar-refractivity contribution in [2.45, 2.75) is 25.3 Å². The predicted octanol–water partition coefficient (Wildman–Crippen LogP) is 0.899. The zero-order valence-corrected chi connectivity index (χ0v) is 7.72. The zero-order valence-electron chi connectivity index (χ0n) is 6.90. The molecule has 1 aliphatic carbocycles. The van der Waals surface area contributed by atoms with Gasteiger partial charge in [-0.1, -0.05) is 0 Å². The maximum Gasteiger partial charge on any atom is 0.407 e. The molecule has 72 valence electrons. The van der Waals surface area contributed by atoms with Crippen molar-refractivity contribution in [2.75, 3.05) is 13.1 Å². The molecule has 1 aliphatic rings. The van der Waals surface area contributed by atoms with Gasteiger partial charge in [0.25, 0.3) is 0 Å². The minimum atomic E-state index is -0.805. The summed E-state index contributed by atoms with van der Waals surface area (Å²) in [7, 11) is 0. The topological polar surface area (TPSA) is 66.6 Å². The van der Waals surface area contributed by atoms with E-state index in [0.29, 0.717) is 19.1 Å². The summed E-state index contributed by atoms with van der Waals surface area (Å²) in [5, 5.41) is 8.70. The summed E-state index contributed by atoms with van der Waals surface area (Å²) >= 11 is 0. The predicted molar refractivity (Wildman–Crippen MR) is 48.7 cm³/mol. The highest BCUT2D eigenvalue weighted by Gasteiger charge is 2.31. The third kappa shape index (κ3) is 3.28. The molecule has 0 radical (unpaired) electrons. The Bertz CT molecular complexity index is 150. The van der Waals surface area contributed by atoms with E-state index >= 15 is 0 Å². The van der Waals surface area contributed by atoms with E-state index in [4.69, 9.17) is 10.8 Å². The lowest BCUT2D eigenvalue weighted by atomic mass is 10.4. The summed E-state index contributed by atoms with van der Waals surface area (Å²) < 4.78 is 0. The number of carboxylic acid groups (broad SMARTS) is 1. The smallest absolute Gasteiger partial charge is 0.407 e. The molecule has 0 unspecified atom stereocenters. The van der Waals surface area contributed by atoms with Gasteiger partial charge in [-0.3, -0.25) is 0 Å². The maximum absolute atomic E-state index is 10.6. The summed E-state index contributed by atoms with van der Waals surface area (Å²) in [6.45, 7) is 1.16. The third-order valence-corrected chi connectivity index (χ3v) is 1.84. The van der Waals surface area contributed by atoms with Crippen LogP contribution >= 0.6 is 12.4 Å². The SMILES string of the molecule is Cl.NCCCN(C(=O)O)C1CC1. The number of carbonyl (C=O) groups is 1. The highest BCUT2D eigenvalue weighted by molar-refractivity contribution is 5.85. The number of hydrogen-bond acceptors (Lipinski definition) is 2. The first-order valence-corrected chi connectivity index (χ1v) is 3.95. The van der Waals surface area contributed by atoms with E-state index in [1.54, 1.807) is 0 Å². The number of amides is 1. The van der Waals surface area contributed by atoms with Gasteiger partial charge >= 0.3 is 6.09 Å². The lowest BCUT2D eigenvalue weighted by molar-refractivity contribution is 0.142. The highest BCUT2D eigenvalue weighted by atomic mass is 35.5. The summed E-state index contributed by atoms with van der Waals surface area (Å²) in [4.78, 5) is 12.1. The van der Waals surface area contributed by atoms with Crippen LogP contribution in [0.3, 0.4) is 0 Å². The van der Waals surface area contributed by atoms with Crippen molar-refractivity contribution < 1.29 is 9.90 Å². The number of halogens is 1. The second kappa shape index (κ2) is 5.22. The fourth-order valence-corrected chi connectivity index (χ4v) is 1.08. The molecule has 0 spiro atoms. The van der Waals surface area contributed by atoms with Gasteiger partial charge in [0.2, 0.25) is 0 Å². The standard InChI is InChI=1S/C7H14N2O2.ClH/c8-4-1-5-9(7(10)11)6-2-3-6;/h6H,1-5,8H2,(H,10,11);1H. The van der Waals surface area contributed by atoms with Crippen molar-refractivity contribution in [3.8, 4) is 0 Å². The van der Waals surface area contributed by atoms with Crippen molar-refractivity contribution >= 4 is 18.5 Å².